The van der Waals surface area contributed by atoms with Gasteiger partial charge >= 0.3 is 0 Å². The third-order valence-corrected chi connectivity index (χ3v) is 8.41. The Balaban J connectivity index is 1.54. The van der Waals surface area contributed by atoms with Crippen molar-refractivity contribution in [2.45, 2.75) is 43.8 Å². The van der Waals surface area contributed by atoms with Crippen LogP contribution in [0.15, 0.2) is 84.4 Å². The predicted molar refractivity (Wildman–Crippen MR) is 148 cm³/mol. The molecule has 2 aromatic carbocycles. The van der Waals surface area contributed by atoms with E-state index >= 15 is 0 Å². The normalized spacial score (nSPS) is 12.9. The van der Waals surface area contributed by atoms with Crippen molar-refractivity contribution in [2.75, 3.05) is 0 Å². The van der Waals surface area contributed by atoms with Crippen LogP contribution in [0.25, 0.3) is 11.1 Å². The summed E-state index contributed by atoms with van der Waals surface area (Å²) in [6.45, 7) is 3.65. The van der Waals surface area contributed by atoms with Crippen LogP contribution in [0.1, 0.15) is 36.2 Å². The first kappa shape index (κ1) is 28.0. The van der Waals surface area contributed by atoms with E-state index in [1.54, 1.807) is 54.3 Å². The summed E-state index contributed by atoms with van der Waals surface area (Å²) in [6, 6.07) is 16.4. The van der Waals surface area contributed by atoms with Crippen LogP contribution in [0, 0.1) is 18.3 Å². The maximum Gasteiger partial charge on any atom is 0.243 e. The molecule has 2 unspecified atom stereocenters. The van der Waals surface area contributed by atoms with Gasteiger partial charge in [-0.15, -0.1) is 0 Å². The molecular formula is C28H27ClN6O3S. The molecule has 2 heterocycles. The van der Waals surface area contributed by atoms with E-state index in [1.807, 2.05) is 31.2 Å². The van der Waals surface area contributed by atoms with Crippen LogP contribution >= 0.6 is 11.6 Å². The Morgan fingerprint density at radius 3 is 2.46 bits per heavy atom. The number of carbonyl (C=O) groups is 1. The highest BCUT2D eigenvalue weighted by atomic mass is 35.5. The van der Waals surface area contributed by atoms with Gasteiger partial charge in [-0.1, -0.05) is 48.0 Å². The first-order chi connectivity index (χ1) is 18.7. The van der Waals surface area contributed by atoms with E-state index in [4.69, 9.17) is 11.6 Å². The molecule has 2 atom stereocenters. The highest BCUT2D eigenvalue weighted by Crippen LogP contribution is 2.26. The number of nitriles is 1. The first-order valence-electron chi connectivity index (χ1n) is 12.2. The lowest BCUT2D eigenvalue weighted by Gasteiger charge is -2.24. The van der Waals surface area contributed by atoms with E-state index in [9.17, 15) is 18.5 Å². The van der Waals surface area contributed by atoms with Crippen molar-refractivity contribution in [3.63, 3.8) is 0 Å². The van der Waals surface area contributed by atoms with Crippen molar-refractivity contribution < 1.29 is 13.2 Å². The number of benzene rings is 2. The van der Waals surface area contributed by atoms with Gasteiger partial charge in [-0.05, 0) is 55.2 Å². The zero-order chi connectivity index (χ0) is 28.0. The van der Waals surface area contributed by atoms with Crippen molar-refractivity contribution >= 4 is 27.5 Å². The Kier molecular flexibility index (Phi) is 8.76. The predicted octanol–water partition coefficient (Wildman–Crippen LogP) is 4.39. The number of carbonyl (C=O) groups excluding carboxylic acids is 1. The number of sulfonamides is 1. The monoisotopic (exact) mass is 562 g/mol. The molecule has 0 spiro atoms. The molecule has 0 bridgehead atoms. The number of nitrogens with one attached hydrogen (secondary N) is 2. The molecule has 0 aliphatic heterocycles. The van der Waals surface area contributed by atoms with Gasteiger partial charge in [-0.2, -0.15) is 9.98 Å². The number of aromatic nitrogens is 3. The number of rotatable bonds is 10. The van der Waals surface area contributed by atoms with E-state index in [2.05, 4.69) is 26.1 Å². The molecule has 9 nitrogen and oxygen atoms in total. The van der Waals surface area contributed by atoms with Crippen LogP contribution in [-0.2, 0) is 21.4 Å². The third-order valence-electron chi connectivity index (χ3n) is 6.31. The zero-order valence-corrected chi connectivity index (χ0v) is 22.9. The van der Waals surface area contributed by atoms with Crippen LogP contribution in [0.5, 0.6) is 0 Å². The van der Waals surface area contributed by atoms with Gasteiger partial charge in [0, 0.05) is 36.7 Å². The van der Waals surface area contributed by atoms with Crippen LogP contribution in [0.3, 0.4) is 0 Å². The fraction of sp³-hybridized carbons (Fsp3) is 0.214. The van der Waals surface area contributed by atoms with Crippen LogP contribution in [-0.4, -0.2) is 34.9 Å². The van der Waals surface area contributed by atoms with Crippen molar-refractivity contribution in [1.29, 1.82) is 5.26 Å². The average Bonchev–Trinajstić information content (AvgIpc) is 3.41. The van der Waals surface area contributed by atoms with E-state index in [0.29, 0.717) is 11.3 Å². The van der Waals surface area contributed by atoms with E-state index in [0.717, 1.165) is 16.7 Å². The third kappa shape index (κ3) is 6.70. The lowest BCUT2D eigenvalue weighted by molar-refractivity contribution is -0.123. The maximum absolute atomic E-state index is 13.4. The van der Waals surface area contributed by atoms with Gasteiger partial charge in [-0.25, -0.2) is 18.4 Å². The molecule has 0 saturated heterocycles. The average molecular weight is 563 g/mol. The molecule has 1 amide bonds. The van der Waals surface area contributed by atoms with Crippen molar-refractivity contribution in [3.8, 4) is 17.2 Å². The molecule has 0 fully saturated rings. The Morgan fingerprint density at radius 2 is 1.79 bits per heavy atom. The molecule has 4 rings (SSSR count). The smallest absolute Gasteiger partial charge is 0.243 e. The van der Waals surface area contributed by atoms with E-state index < -0.39 is 22.0 Å². The minimum absolute atomic E-state index is 0.0655. The Labute approximate surface area is 232 Å². The zero-order valence-electron chi connectivity index (χ0n) is 21.4. The fourth-order valence-electron chi connectivity index (χ4n) is 4.31. The highest BCUT2D eigenvalue weighted by molar-refractivity contribution is 7.89. The number of amides is 1. The summed E-state index contributed by atoms with van der Waals surface area (Å²) in [5, 5.41) is 12.3. The van der Waals surface area contributed by atoms with Crippen molar-refractivity contribution in [1.82, 2.24) is 24.6 Å². The second kappa shape index (κ2) is 12.2. The second-order valence-electron chi connectivity index (χ2n) is 9.10. The number of nitrogens with zero attached hydrogens (tertiary/aromatic N) is 4. The Morgan fingerprint density at radius 1 is 1.08 bits per heavy atom. The summed E-state index contributed by atoms with van der Waals surface area (Å²) in [5.41, 5.74) is 3.50. The van der Waals surface area contributed by atoms with Crippen LogP contribution in [0.2, 0.25) is 5.02 Å². The molecule has 0 aliphatic carbocycles. The number of halogens is 1. The van der Waals surface area contributed by atoms with Gasteiger partial charge in [0.2, 0.25) is 15.9 Å². The van der Waals surface area contributed by atoms with Gasteiger partial charge in [0.05, 0.1) is 5.02 Å². The lowest BCUT2D eigenvalue weighted by atomic mass is 10.1. The highest BCUT2D eigenvalue weighted by Gasteiger charge is 2.30. The Hall–Kier alpha value is -4.04. The van der Waals surface area contributed by atoms with Gasteiger partial charge < -0.3 is 9.88 Å². The van der Waals surface area contributed by atoms with E-state index in [-0.39, 0.29) is 28.9 Å². The van der Waals surface area contributed by atoms with Gasteiger partial charge in [0.1, 0.15) is 29.0 Å². The number of hydrogen-bond acceptors (Lipinski definition) is 6. The maximum atomic E-state index is 13.4. The molecule has 2 N–H and O–H groups in total. The summed E-state index contributed by atoms with van der Waals surface area (Å²) in [7, 11) is -4.14. The summed E-state index contributed by atoms with van der Waals surface area (Å²) < 4.78 is 31.0. The summed E-state index contributed by atoms with van der Waals surface area (Å²) in [6.07, 6.45) is 6.72. The summed E-state index contributed by atoms with van der Waals surface area (Å²) >= 11 is 6.23. The summed E-state index contributed by atoms with van der Waals surface area (Å²) in [4.78, 5) is 21.4. The number of hydrogen-bond donors (Lipinski definition) is 2. The molecule has 39 heavy (non-hydrogen) atoms. The molecule has 4 aromatic rings. The second-order valence-corrected chi connectivity index (χ2v) is 11.2. The van der Waals surface area contributed by atoms with Crippen LogP contribution in [0.4, 0.5) is 0 Å². The van der Waals surface area contributed by atoms with Crippen LogP contribution < -0.4 is 10.0 Å². The molecule has 0 radical (unpaired) electrons. The lowest BCUT2D eigenvalue weighted by Crippen LogP contribution is -2.47. The molecule has 2 aromatic heterocycles. The SMILES string of the molecule is Cc1cccc(Cl)c1S(=O)(=O)NC(CC(C)n1cccc1C#N)C(=O)NCc1ccc(-c2cncnc2)cc1. The van der Waals surface area contributed by atoms with Gasteiger partial charge in [0.15, 0.2) is 0 Å². The molecule has 11 heteroatoms. The Bertz CT molecular complexity index is 1580. The molecule has 200 valence electrons. The fourth-order valence-corrected chi connectivity index (χ4v) is 6.35. The minimum atomic E-state index is -4.14. The largest absolute Gasteiger partial charge is 0.351 e. The topological polar surface area (TPSA) is 130 Å². The summed E-state index contributed by atoms with van der Waals surface area (Å²) in [5.74, 6) is -0.499. The number of aryl methyl sites for hydroxylation is 1. The quantitative estimate of drug-likeness (QED) is 0.295. The molecular weight excluding hydrogens is 536 g/mol. The van der Waals surface area contributed by atoms with E-state index in [1.165, 1.54) is 12.4 Å². The molecule has 0 saturated carbocycles. The first-order valence-corrected chi connectivity index (χ1v) is 14.0. The standard InChI is InChI=1S/C28H27ClN6O3S/c1-19-5-3-7-25(29)27(19)39(37,38)34-26(13-20(2)35-12-4-6-24(35)14-30)28(36)33-15-21-8-10-22(11-9-21)23-16-31-18-32-17-23/h3-12,16-18,20,26,34H,13,15H2,1-2H3,(H,33,36). The van der Waals surface area contributed by atoms with Crippen molar-refractivity contribution in [3.05, 3.63) is 101 Å². The van der Waals surface area contributed by atoms with Crippen molar-refractivity contribution in [2.24, 2.45) is 0 Å². The minimum Gasteiger partial charge on any atom is -0.351 e. The molecule has 0 aliphatic rings. The van der Waals surface area contributed by atoms with Gasteiger partial charge in [0.25, 0.3) is 0 Å². The van der Waals surface area contributed by atoms with Gasteiger partial charge in [-0.3, -0.25) is 4.79 Å².